The van der Waals surface area contributed by atoms with Gasteiger partial charge in [0.15, 0.2) is 0 Å². The quantitative estimate of drug-likeness (QED) is 0.537. The minimum absolute atomic E-state index is 0.259. The summed E-state index contributed by atoms with van der Waals surface area (Å²) in [7, 11) is 0. The fourth-order valence-corrected chi connectivity index (χ4v) is 1.44. The molecule has 0 radical (unpaired) electrons. The summed E-state index contributed by atoms with van der Waals surface area (Å²) in [6, 6.07) is 0. The van der Waals surface area contributed by atoms with Crippen LogP contribution >= 0.6 is 0 Å². The van der Waals surface area contributed by atoms with Crippen LogP contribution in [0.2, 0.25) is 0 Å². The van der Waals surface area contributed by atoms with E-state index in [1.165, 1.54) is 0 Å². The van der Waals surface area contributed by atoms with E-state index in [1.807, 2.05) is 0 Å². The summed E-state index contributed by atoms with van der Waals surface area (Å²) in [6.07, 6.45) is 0.101. The monoisotopic (exact) mass is 173 g/mol. The minimum Gasteiger partial charge on any atom is -0.481 e. The molecule has 1 aliphatic heterocycles. The summed E-state index contributed by atoms with van der Waals surface area (Å²) >= 11 is 0. The van der Waals surface area contributed by atoms with Crippen molar-refractivity contribution in [3.8, 4) is 0 Å². The molecule has 1 fully saturated rings. The Balaban J connectivity index is 2.72. The Bertz CT molecular complexity index is 207. The van der Waals surface area contributed by atoms with E-state index < -0.39 is 17.4 Å². The molecule has 1 rings (SSSR count). The molecule has 0 amide bonds. The van der Waals surface area contributed by atoms with Crippen molar-refractivity contribution in [2.24, 2.45) is 5.41 Å². The number of carboxylic acids is 2. The van der Waals surface area contributed by atoms with Crippen LogP contribution in [0.1, 0.15) is 12.8 Å². The molecule has 5 heteroatoms. The number of carboxylic acid groups (broad SMARTS) is 2. The summed E-state index contributed by atoms with van der Waals surface area (Å²) in [5.74, 6) is -2.07. The highest BCUT2D eigenvalue weighted by Crippen LogP contribution is 2.29. The first-order valence-electron chi connectivity index (χ1n) is 3.73. The number of carbonyl (C=O) groups is 2. The summed E-state index contributed by atoms with van der Waals surface area (Å²) in [5, 5.41) is 20.2. The van der Waals surface area contributed by atoms with Crippen LogP contribution in [0, 0.1) is 5.41 Å². The molecule has 1 aliphatic rings. The fraction of sp³-hybridized carbons (Fsp3) is 0.714. The maximum atomic E-state index is 10.8. The Labute approximate surface area is 69.4 Å². The zero-order chi connectivity index (χ0) is 9.19. The Kier molecular flexibility index (Phi) is 2.32. The van der Waals surface area contributed by atoms with Crippen LogP contribution in [0.4, 0.5) is 0 Å². The lowest BCUT2D eigenvalue weighted by Crippen LogP contribution is -2.35. The van der Waals surface area contributed by atoms with E-state index in [1.54, 1.807) is 0 Å². The third kappa shape index (κ3) is 1.55. The van der Waals surface area contributed by atoms with Gasteiger partial charge in [-0.3, -0.25) is 9.59 Å². The highest BCUT2D eigenvalue weighted by atomic mass is 16.4. The standard InChI is InChI=1S/C7H11NO4/c9-5(10)3-7(6(11)12)1-2-8-4-7/h8H,1-4H2,(H,9,10)(H,11,12). The van der Waals surface area contributed by atoms with Crippen molar-refractivity contribution in [3.05, 3.63) is 0 Å². The van der Waals surface area contributed by atoms with Crippen LogP contribution in [0.3, 0.4) is 0 Å². The van der Waals surface area contributed by atoms with Crippen LogP contribution in [-0.4, -0.2) is 35.2 Å². The topological polar surface area (TPSA) is 86.6 Å². The largest absolute Gasteiger partial charge is 0.481 e. The molecule has 0 aromatic rings. The van der Waals surface area contributed by atoms with E-state index in [-0.39, 0.29) is 13.0 Å². The Hall–Kier alpha value is -1.10. The predicted molar refractivity (Wildman–Crippen MR) is 39.8 cm³/mol. The second-order valence-electron chi connectivity index (χ2n) is 3.08. The molecular formula is C7H11NO4. The molecule has 68 valence electrons. The molecule has 3 N–H and O–H groups in total. The molecule has 1 atom stereocenters. The smallest absolute Gasteiger partial charge is 0.311 e. The second-order valence-corrected chi connectivity index (χ2v) is 3.08. The van der Waals surface area contributed by atoms with Gasteiger partial charge < -0.3 is 15.5 Å². The van der Waals surface area contributed by atoms with Crippen molar-refractivity contribution in [2.75, 3.05) is 13.1 Å². The van der Waals surface area contributed by atoms with Gasteiger partial charge in [0.1, 0.15) is 0 Å². The van der Waals surface area contributed by atoms with Crippen LogP contribution in [0.15, 0.2) is 0 Å². The lowest BCUT2D eigenvalue weighted by molar-refractivity contribution is -0.154. The van der Waals surface area contributed by atoms with Gasteiger partial charge in [0.2, 0.25) is 0 Å². The molecule has 1 heterocycles. The predicted octanol–water partition coefficient (Wildman–Crippen LogP) is -0.475. The van der Waals surface area contributed by atoms with Crippen molar-refractivity contribution in [2.45, 2.75) is 12.8 Å². The van der Waals surface area contributed by atoms with Gasteiger partial charge >= 0.3 is 11.9 Å². The van der Waals surface area contributed by atoms with Gasteiger partial charge in [0, 0.05) is 6.54 Å². The summed E-state index contributed by atoms with van der Waals surface area (Å²) < 4.78 is 0. The van der Waals surface area contributed by atoms with Gasteiger partial charge in [-0.05, 0) is 13.0 Å². The maximum Gasteiger partial charge on any atom is 0.311 e. The van der Waals surface area contributed by atoms with Crippen molar-refractivity contribution in [3.63, 3.8) is 0 Å². The van der Waals surface area contributed by atoms with Gasteiger partial charge in [0.25, 0.3) is 0 Å². The van der Waals surface area contributed by atoms with Crippen LogP contribution in [-0.2, 0) is 9.59 Å². The van der Waals surface area contributed by atoms with Gasteiger partial charge in [-0.15, -0.1) is 0 Å². The van der Waals surface area contributed by atoms with Gasteiger partial charge in [0.05, 0.1) is 11.8 Å². The first-order valence-corrected chi connectivity index (χ1v) is 3.73. The number of hydrogen-bond donors (Lipinski definition) is 3. The molecule has 0 bridgehead atoms. The molecule has 0 aromatic heterocycles. The zero-order valence-corrected chi connectivity index (χ0v) is 6.54. The van der Waals surface area contributed by atoms with Crippen LogP contribution < -0.4 is 5.32 Å². The van der Waals surface area contributed by atoms with Crippen LogP contribution in [0.5, 0.6) is 0 Å². The van der Waals surface area contributed by atoms with Crippen molar-refractivity contribution >= 4 is 11.9 Å². The molecular weight excluding hydrogens is 162 g/mol. The molecule has 0 saturated carbocycles. The first kappa shape index (κ1) is 8.99. The number of hydrogen-bond acceptors (Lipinski definition) is 3. The average molecular weight is 173 g/mol. The third-order valence-corrected chi connectivity index (χ3v) is 2.19. The highest BCUT2D eigenvalue weighted by Gasteiger charge is 2.43. The van der Waals surface area contributed by atoms with Gasteiger partial charge in [-0.25, -0.2) is 0 Å². The molecule has 1 unspecified atom stereocenters. The zero-order valence-electron chi connectivity index (χ0n) is 6.54. The summed E-state index contributed by atoms with van der Waals surface area (Å²) in [5.41, 5.74) is -1.08. The SMILES string of the molecule is O=C(O)CC1(C(=O)O)CCNC1. The second kappa shape index (κ2) is 3.10. The molecule has 12 heavy (non-hydrogen) atoms. The van der Waals surface area contributed by atoms with Crippen molar-refractivity contribution < 1.29 is 19.8 Å². The van der Waals surface area contributed by atoms with E-state index in [2.05, 4.69) is 5.32 Å². The molecule has 0 spiro atoms. The maximum absolute atomic E-state index is 10.8. The fourth-order valence-electron chi connectivity index (χ4n) is 1.44. The normalized spacial score (nSPS) is 28.7. The number of nitrogens with one attached hydrogen (secondary N) is 1. The summed E-state index contributed by atoms with van der Waals surface area (Å²) in [4.78, 5) is 21.1. The third-order valence-electron chi connectivity index (χ3n) is 2.19. The van der Waals surface area contributed by atoms with Gasteiger partial charge in [-0.1, -0.05) is 0 Å². The highest BCUT2D eigenvalue weighted by molar-refractivity contribution is 5.82. The Morgan fingerprint density at radius 2 is 2.08 bits per heavy atom. The minimum atomic E-state index is -1.08. The van der Waals surface area contributed by atoms with Crippen LogP contribution in [0.25, 0.3) is 0 Å². The van der Waals surface area contributed by atoms with Crippen molar-refractivity contribution in [1.29, 1.82) is 0 Å². The Morgan fingerprint density at radius 1 is 1.42 bits per heavy atom. The summed E-state index contributed by atoms with van der Waals surface area (Å²) in [6.45, 7) is 0.841. The van der Waals surface area contributed by atoms with Crippen molar-refractivity contribution in [1.82, 2.24) is 5.32 Å². The molecule has 0 aromatic carbocycles. The van der Waals surface area contributed by atoms with E-state index in [0.29, 0.717) is 13.0 Å². The van der Waals surface area contributed by atoms with Gasteiger partial charge in [-0.2, -0.15) is 0 Å². The number of rotatable bonds is 3. The lowest BCUT2D eigenvalue weighted by atomic mass is 9.84. The molecule has 5 nitrogen and oxygen atoms in total. The molecule has 0 aliphatic carbocycles. The first-order chi connectivity index (χ1) is 5.57. The van der Waals surface area contributed by atoms with E-state index in [9.17, 15) is 9.59 Å². The van der Waals surface area contributed by atoms with E-state index >= 15 is 0 Å². The lowest BCUT2D eigenvalue weighted by Gasteiger charge is -2.19. The Morgan fingerprint density at radius 3 is 2.42 bits per heavy atom. The number of aliphatic carboxylic acids is 2. The average Bonchev–Trinajstić information content (AvgIpc) is 2.35. The van der Waals surface area contributed by atoms with E-state index in [4.69, 9.17) is 10.2 Å². The molecule has 1 saturated heterocycles. The van der Waals surface area contributed by atoms with E-state index in [0.717, 1.165) is 0 Å².